The number of ether oxygens (including phenoxy) is 3. The first kappa shape index (κ1) is 43.3. The van der Waals surface area contributed by atoms with Crippen LogP contribution in [0.4, 0.5) is 10.5 Å². The number of nitrogens with one attached hydrogen (secondary N) is 2. The summed E-state index contributed by atoms with van der Waals surface area (Å²) in [6.07, 6.45) is 5.91. The highest BCUT2D eigenvalue weighted by Crippen LogP contribution is 2.42. The lowest BCUT2D eigenvalue weighted by atomic mass is 9.83. The number of aliphatic imine (C=N–C) groups is 1. The van der Waals surface area contributed by atoms with Crippen LogP contribution in [0.25, 0.3) is 0 Å². The second-order valence-corrected chi connectivity index (χ2v) is 17.2. The second-order valence-electron chi connectivity index (χ2n) is 17.2. The summed E-state index contributed by atoms with van der Waals surface area (Å²) in [5, 5.41) is 39.9. The molecular formula is C47H52N8O10. The Morgan fingerprint density at radius 3 is 2.55 bits per heavy atom. The number of dihydropyridines is 1. The van der Waals surface area contributed by atoms with Gasteiger partial charge in [0.1, 0.15) is 30.0 Å². The molecule has 6 aliphatic rings. The zero-order valence-electron chi connectivity index (χ0n) is 36.9. The number of hydrogen-bond acceptors (Lipinski definition) is 15. The van der Waals surface area contributed by atoms with Crippen molar-refractivity contribution in [2.24, 2.45) is 10.1 Å². The summed E-state index contributed by atoms with van der Waals surface area (Å²) < 4.78 is 19.1. The molecule has 18 heteroatoms. The molecule has 0 saturated carbocycles. The smallest absolute Gasteiger partial charge is 0.415 e. The number of benzene rings is 1. The van der Waals surface area contributed by atoms with Gasteiger partial charge in [-0.15, -0.1) is 0 Å². The molecule has 0 radical (unpaired) electrons. The fourth-order valence-corrected chi connectivity index (χ4v) is 9.49. The number of aromatic nitrogens is 2. The van der Waals surface area contributed by atoms with Crippen LogP contribution in [0.3, 0.4) is 0 Å². The van der Waals surface area contributed by atoms with E-state index in [9.17, 15) is 34.5 Å². The Bertz CT molecular complexity index is 2710. The third-order valence-electron chi connectivity index (χ3n) is 13.0. The topological polar surface area (TPSA) is 230 Å². The molecule has 1 saturated heterocycles. The highest BCUT2D eigenvalue weighted by Gasteiger charge is 2.46. The summed E-state index contributed by atoms with van der Waals surface area (Å²) in [6.45, 7) is 10.7. The van der Waals surface area contributed by atoms with Crippen molar-refractivity contribution in [2.75, 3.05) is 24.5 Å². The van der Waals surface area contributed by atoms with Gasteiger partial charge >= 0.3 is 12.1 Å². The molecule has 9 rings (SSSR count). The maximum Gasteiger partial charge on any atom is 0.415 e. The summed E-state index contributed by atoms with van der Waals surface area (Å²) in [6, 6.07) is 7.85. The van der Waals surface area contributed by atoms with Gasteiger partial charge in [0.05, 0.1) is 47.0 Å². The van der Waals surface area contributed by atoms with E-state index in [1.165, 1.54) is 6.07 Å². The Balaban J connectivity index is 0.843. The first-order valence-electron chi connectivity index (χ1n) is 22.2. The second kappa shape index (κ2) is 16.9. The molecule has 3 unspecified atom stereocenters. The molecule has 3 atom stereocenters. The molecule has 1 aromatic carbocycles. The SMILES string of the molecule is CCNC(=O)C1NN=C(c2cc(C(C)C)c(O)cc2O)N1c1ccc(OC2CCN(C(=O)OC3=CCC4N=C5C(=C(CC)C4=C3)Cn3c5cc4c(c3=O)COC(=O)C4(O)CC)CC2)nc1. The number of allylic oxidation sites excluding steroid dienone is 2. The van der Waals surface area contributed by atoms with Crippen molar-refractivity contribution in [1.82, 2.24) is 25.2 Å². The third-order valence-corrected chi connectivity index (χ3v) is 13.0. The molecule has 7 heterocycles. The van der Waals surface area contributed by atoms with Crippen LogP contribution in [0.1, 0.15) is 101 Å². The van der Waals surface area contributed by atoms with Crippen molar-refractivity contribution in [2.45, 2.75) is 110 Å². The van der Waals surface area contributed by atoms with Gasteiger partial charge in [-0.3, -0.25) is 24.9 Å². The number of aromatic hydroxyl groups is 2. The molecule has 1 fully saturated rings. The number of carbonyl (C=O) groups excluding carboxylic acids is 3. The number of hydrazone groups is 1. The molecule has 2 amide bonds. The molecule has 5 aliphatic heterocycles. The van der Waals surface area contributed by atoms with Crippen LogP contribution >= 0.6 is 0 Å². The van der Waals surface area contributed by atoms with E-state index in [2.05, 4.69) is 20.8 Å². The van der Waals surface area contributed by atoms with Crippen molar-refractivity contribution in [3.8, 4) is 17.4 Å². The Morgan fingerprint density at radius 2 is 1.86 bits per heavy atom. The van der Waals surface area contributed by atoms with Crippen molar-refractivity contribution >= 4 is 35.2 Å². The van der Waals surface area contributed by atoms with Gasteiger partial charge in [-0.2, -0.15) is 5.10 Å². The molecule has 3 aromatic rings. The number of likely N-dealkylation sites (N-methyl/N-ethyl adjacent to an activating group) is 1. The number of esters is 1. The maximum absolute atomic E-state index is 13.8. The fraction of sp³-hybridized carbons (Fsp3) is 0.426. The van der Waals surface area contributed by atoms with Gasteiger partial charge in [-0.05, 0) is 79.2 Å². The summed E-state index contributed by atoms with van der Waals surface area (Å²) in [5.41, 5.74) is 6.75. The molecule has 340 valence electrons. The lowest BCUT2D eigenvalue weighted by Gasteiger charge is -2.32. The van der Waals surface area contributed by atoms with Crippen LogP contribution in [0.15, 0.2) is 86.0 Å². The monoisotopic (exact) mass is 888 g/mol. The number of aliphatic hydroxyl groups is 1. The van der Waals surface area contributed by atoms with E-state index >= 15 is 0 Å². The van der Waals surface area contributed by atoms with Crippen LogP contribution in [-0.2, 0) is 37.8 Å². The maximum atomic E-state index is 13.8. The standard InChI is InChI=1S/C47H52N8O10/c1-6-28-30-17-27(10-11-35(30)50-40-32(28)22-54-36(40)19-34-33(44(54)59)23-63-45(60)47(34,62)7-2)65-46(61)53-15-13-26(14-16-53)64-39-12-9-25(21-49-39)55-41(51-52-42(55)43(58)48-8-3)31-18-29(24(4)5)37(56)20-38(31)57/h9-10,12,17-21,24,26,35,42,52,56-57,62H,6-8,11,13-16,22-23H2,1-5H3,(H,48,58). The van der Waals surface area contributed by atoms with Gasteiger partial charge in [0.25, 0.3) is 11.5 Å². The molecule has 5 N–H and O–H groups in total. The highest BCUT2D eigenvalue weighted by molar-refractivity contribution is 6.16. The molecule has 65 heavy (non-hydrogen) atoms. The van der Waals surface area contributed by atoms with E-state index in [1.54, 1.807) is 51.8 Å². The summed E-state index contributed by atoms with van der Waals surface area (Å²) in [4.78, 5) is 66.0. The Morgan fingerprint density at radius 1 is 1.08 bits per heavy atom. The van der Waals surface area contributed by atoms with Crippen molar-refractivity contribution in [3.63, 3.8) is 0 Å². The first-order chi connectivity index (χ1) is 31.2. The Kier molecular flexibility index (Phi) is 11.2. The number of amides is 2. The molecule has 1 aliphatic carbocycles. The number of anilines is 1. The molecule has 2 aromatic heterocycles. The minimum Gasteiger partial charge on any atom is -0.508 e. The van der Waals surface area contributed by atoms with E-state index in [-0.39, 0.29) is 77.6 Å². The lowest BCUT2D eigenvalue weighted by Crippen LogP contribution is -2.51. The number of cyclic esters (lactones) is 1. The van der Waals surface area contributed by atoms with Crippen molar-refractivity contribution < 1.29 is 43.9 Å². The van der Waals surface area contributed by atoms with E-state index in [0.29, 0.717) is 85.2 Å². The number of phenolic OH excluding ortho intramolecular Hbond substituents is 2. The Labute approximate surface area is 374 Å². The van der Waals surface area contributed by atoms with Gasteiger partial charge in [0.15, 0.2) is 11.4 Å². The van der Waals surface area contributed by atoms with E-state index in [1.807, 2.05) is 39.8 Å². The molecule has 0 spiro atoms. The largest absolute Gasteiger partial charge is 0.508 e. The van der Waals surface area contributed by atoms with Crippen LogP contribution in [0.2, 0.25) is 0 Å². The third kappa shape index (κ3) is 7.48. The van der Waals surface area contributed by atoms with Crippen LogP contribution in [-0.4, -0.2) is 97.2 Å². The number of amidine groups is 1. The predicted molar refractivity (Wildman–Crippen MR) is 238 cm³/mol. The summed E-state index contributed by atoms with van der Waals surface area (Å²) >= 11 is 0. The number of phenols is 2. The normalized spacial score (nSPS) is 22.4. The minimum absolute atomic E-state index is 0.0386. The van der Waals surface area contributed by atoms with E-state index in [4.69, 9.17) is 19.2 Å². The first-order valence-corrected chi connectivity index (χ1v) is 22.2. The number of carbonyl (C=O) groups is 3. The summed E-state index contributed by atoms with van der Waals surface area (Å²) in [5.74, 6) is -0.310. The van der Waals surface area contributed by atoms with Gasteiger partial charge in [0, 0.05) is 55.7 Å². The zero-order valence-corrected chi connectivity index (χ0v) is 36.9. The highest BCUT2D eigenvalue weighted by atomic mass is 16.6. The molecule has 18 nitrogen and oxygen atoms in total. The number of piperidine rings is 1. The number of rotatable bonds is 10. The number of pyridine rings is 2. The Hall–Kier alpha value is -6.95. The molecule has 0 bridgehead atoms. The summed E-state index contributed by atoms with van der Waals surface area (Å²) in [7, 11) is 0. The van der Waals surface area contributed by atoms with Crippen molar-refractivity contribution in [1.29, 1.82) is 0 Å². The van der Waals surface area contributed by atoms with Crippen LogP contribution in [0.5, 0.6) is 17.4 Å². The van der Waals surface area contributed by atoms with Gasteiger partial charge in [-0.25, -0.2) is 14.6 Å². The average Bonchev–Trinajstić information content (AvgIpc) is 3.90. The van der Waals surface area contributed by atoms with Gasteiger partial charge < -0.3 is 44.3 Å². The van der Waals surface area contributed by atoms with Crippen LogP contribution < -0.4 is 25.9 Å². The van der Waals surface area contributed by atoms with E-state index in [0.717, 1.165) is 16.7 Å². The number of likely N-dealkylation sites (tertiary alicyclic amines) is 1. The fourth-order valence-electron chi connectivity index (χ4n) is 9.49. The van der Waals surface area contributed by atoms with E-state index < -0.39 is 23.8 Å². The van der Waals surface area contributed by atoms with Gasteiger partial charge in [0.2, 0.25) is 12.0 Å². The average molecular weight is 889 g/mol. The number of fused-ring (bicyclic) bond motifs is 5. The predicted octanol–water partition coefficient (Wildman–Crippen LogP) is 4.45. The molecular weight excluding hydrogens is 837 g/mol. The van der Waals surface area contributed by atoms with Crippen LogP contribution in [0, 0.1) is 0 Å². The minimum atomic E-state index is -1.90. The van der Waals surface area contributed by atoms with Crippen molar-refractivity contribution in [3.05, 3.63) is 109 Å². The number of hydrogen-bond donors (Lipinski definition) is 5. The zero-order chi connectivity index (χ0) is 45.9. The quantitative estimate of drug-likeness (QED) is 0.178. The number of nitrogens with zero attached hydrogens (tertiary/aromatic N) is 6. The lowest BCUT2D eigenvalue weighted by molar-refractivity contribution is -0.172. The van der Waals surface area contributed by atoms with Gasteiger partial charge in [-0.1, -0.05) is 27.7 Å².